The Bertz CT molecular complexity index is 468. The molecule has 2 rings (SSSR count). The summed E-state index contributed by atoms with van der Waals surface area (Å²) in [7, 11) is 1.81. The van der Waals surface area contributed by atoms with Crippen LogP contribution < -0.4 is 10.6 Å². The number of nitrogens with one attached hydrogen (secondary N) is 2. The molecule has 1 aliphatic heterocycles. The molecular formula is C19H34N4O2. The highest BCUT2D eigenvalue weighted by atomic mass is 16.5. The summed E-state index contributed by atoms with van der Waals surface area (Å²) in [6, 6.07) is 3.80. The topological polar surface area (TPSA) is 62.0 Å². The minimum Gasteiger partial charge on any atom is -0.467 e. The zero-order chi connectivity index (χ0) is 17.7. The number of ether oxygens (including phenoxy) is 1. The molecule has 1 aliphatic rings. The maximum Gasteiger partial charge on any atom is 0.190 e. The first kappa shape index (κ1) is 19.8. The SMILES string of the molecule is CN=C(NCCCOCc1ccco1)NCCCN1CCC(C)CC1. The molecule has 1 saturated heterocycles. The summed E-state index contributed by atoms with van der Waals surface area (Å²) in [5.41, 5.74) is 0. The molecule has 0 aromatic carbocycles. The number of piperidine rings is 1. The first-order valence-electron chi connectivity index (χ1n) is 9.55. The molecule has 6 nitrogen and oxygen atoms in total. The van der Waals surface area contributed by atoms with Crippen molar-refractivity contribution in [3.05, 3.63) is 24.2 Å². The minimum atomic E-state index is 0.537. The number of nitrogens with zero attached hydrogens (tertiary/aromatic N) is 2. The van der Waals surface area contributed by atoms with Crippen molar-refractivity contribution in [2.24, 2.45) is 10.9 Å². The molecule has 1 fully saturated rings. The second-order valence-electron chi connectivity index (χ2n) is 6.79. The van der Waals surface area contributed by atoms with E-state index in [0.29, 0.717) is 13.2 Å². The lowest BCUT2D eigenvalue weighted by Crippen LogP contribution is -2.40. The molecule has 0 amide bonds. The molecule has 0 unspecified atom stereocenters. The number of rotatable bonds is 10. The minimum absolute atomic E-state index is 0.537. The highest BCUT2D eigenvalue weighted by Crippen LogP contribution is 2.15. The second kappa shape index (κ2) is 11.9. The molecule has 0 saturated carbocycles. The summed E-state index contributed by atoms with van der Waals surface area (Å²) in [5, 5.41) is 6.72. The summed E-state index contributed by atoms with van der Waals surface area (Å²) >= 11 is 0. The van der Waals surface area contributed by atoms with Gasteiger partial charge in [-0.1, -0.05) is 6.92 Å². The normalized spacial score (nSPS) is 17.0. The van der Waals surface area contributed by atoms with Crippen molar-refractivity contribution < 1.29 is 9.15 Å². The number of hydrogen-bond donors (Lipinski definition) is 2. The van der Waals surface area contributed by atoms with Gasteiger partial charge in [0.25, 0.3) is 0 Å². The van der Waals surface area contributed by atoms with Gasteiger partial charge < -0.3 is 24.7 Å². The Balaban J connectivity index is 1.43. The Kier molecular flexibility index (Phi) is 9.44. The van der Waals surface area contributed by atoms with Gasteiger partial charge in [-0.25, -0.2) is 0 Å². The molecule has 1 aromatic heterocycles. The van der Waals surface area contributed by atoms with Crippen molar-refractivity contribution in [2.75, 3.05) is 46.4 Å². The molecule has 0 atom stereocenters. The lowest BCUT2D eigenvalue weighted by Gasteiger charge is -2.30. The maximum absolute atomic E-state index is 5.57. The van der Waals surface area contributed by atoms with Gasteiger partial charge in [-0.05, 0) is 63.4 Å². The van der Waals surface area contributed by atoms with Gasteiger partial charge in [0.15, 0.2) is 5.96 Å². The summed E-state index contributed by atoms with van der Waals surface area (Å²) in [5.74, 6) is 2.65. The fraction of sp³-hybridized carbons (Fsp3) is 0.737. The van der Waals surface area contributed by atoms with Gasteiger partial charge in [0.05, 0.1) is 6.26 Å². The molecule has 1 aromatic rings. The lowest BCUT2D eigenvalue weighted by atomic mass is 9.99. The number of guanidine groups is 1. The zero-order valence-electron chi connectivity index (χ0n) is 15.8. The Labute approximate surface area is 152 Å². The van der Waals surface area contributed by atoms with Crippen LogP contribution in [-0.4, -0.2) is 57.2 Å². The second-order valence-corrected chi connectivity index (χ2v) is 6.79. The number of likely N-dealkylation sites (tertiary alicyclic amines) is 1. The average Bonchev–Trinajstić information content (AvgIpc) is 3.14. The van der Waals surface area contributed by atoms with Crippen molar-refractivity contribution in [2.45, 2.75) is 39.2 Å². The first-order chi connectivity index (χ1) is 12.3. The molecule has 0 aliphatic carbocycles. The molecular weight excluding hydrogens is 316 g/mol. The van der Waals surface area contributed by atoms with Crippen LogP contribution in [-0.2, 0) is 11.3 Å². The van der Waals surface area contributed by atoms with E-state index in [1.165, 1.54) is 32.5 Å². The van der Waals surface area contributed by atoms with Crippen LogP contribution in [0.4, 0.5) is 0 Å². The largest absolute Gasteiger partial charge is 0.467 e. The number of aliphatic imine (C=N–C) groups is 1. The van der Waals surface area contributed by atoms with Crippen LogP contribution in [0.15, 0.2) is 27.8 Å². The van der Waals surface area contributed by atoms with Crippen molar-refractivity contribution in [1.29, 1.82) is 0 Å². The van der Waals surface area contributed by atoms with Gasteiger partial charge >= 0.3 is 0 Å². The third-order valence-electron chi connectivity index (χ3n) is 4.63. The fourth-order valence-electron chi connectivity index (χ4n) is 2.96. The predicted molar refractivity (Wildman–Crippen MR) is 102 cm³/mol. The fourth-order valence-corrected chi connectivity index (χ4v) is 2.96. The standard InChI is InChI=1S/C19H34N4O2/c1-17-7-12-23(13-8-17)11-4-9-21-19(20-2)22-10-5-14-24-16-18-6-3-15-25-18/h3,6,15,17H,4-5,7-14,16H2,1-2H3,(H2,20,21,22). The molecule has 142 valence electrons. The zero-order valence-corrected chi connectivity index (χ0v) is 15.8. The summed E-state index contributed by atoms with van der Waals surface area (Å²) < 4.78 is 10.8. The van der Waals surface area contributed by atoms with Gasteiger partial charge in [0.2, 0.25) is 0 Å². The van der Waals surface area contributed by atoms with E-state index in [4.69, 9.17) is 9.15 Å². The number of hydrogen-bond acceptors (Lipinski definition) is 4. The number of furan rings is 1. The molecule has 6 heteroatoms. The monoisotopic (exact) mass is 350 g/mol. The van der Waals surface area contributed by atoms with Crippen LogP contribution >= 0.6 is 0 Å². The Morgan fingerprint density at radius 2 is 2.04 bits per heavy atom. The van der Waals surface area contributed by atoms with Gasteiger partial charge in [-0.2, -0.15) is 0 Å². The molecule has 0 bridgehead atoms. The van der Waals surface area contributed by atoms with E-state index in [-0.39, 0.29) is 0 Å². The van der Waals surface area contributed by atoms with Crippen molar-refractivity contribution in [1.82, 2.24) is 15.5 Å². The van der Waals surface area contributed by atoms with Crippen LogP contribution in [0.2, 0.25) is 0 Å². The van der Waals surface area contributed by atoms with Gasteiger partial charge in [0, 0.05) is 26.7 Å². The quantitative estimate of drug-likeness (QED) is 0.386. The molecule has 0 spiro atoms. The van der Waals surface area contributed by atoms with Gasteiger partial charge in [-0.15, -0.1) is 0 Å². The van der Waals surface area contributed by atoms with Gasteiger partial charge in [0.1, 0.15) is 12.4 Å². The Morgan fingerprint density at radius 3 is 2.72 bits per heavy atom. The molecule has 25 heavy (non-hydrogen) atoms. The van der Waals surface area contributed by atoms with E-state index in [1.807, 2.05) is 19.2 Å². The Hall–Kier alpha value is -1.53. The van der Waals surface area contributed by atoms with E-state index in [0.717, 1.165) is 43.6 Å². The van der Waals surface area contributed by atoms with E-state index >= 15 is 0 Å². The predicted octanol–water partition coefficient (Wildman–Crippen LogP) is 2.47. The first-order valence-corrected chi connectivity index (χ1v) is 9.55. The van der Waals surface area contributed by atoms with Crippen molar-refractivity contribution in [3.8, 4) is 0 Å². The maximum atomic E-state index is 5.57. The smallest absolute Gasteiger partial charge is 0.190 e. The van der Waals surface area contributed by atoms with E-state index in [2.05, 4.69) is 27.4 Å². The molecule has 2 heterocycles. The summed E-state index contributed by atoms with van der Waals surface area (Å²) in [6.07, 6.45) is 6.45. The lowest BCUT2D eigenvalue weighted by molar-refractivity contribution is 0.105. The molecule has 2 N–H and O–H groups in total. The van der Waals surface area contributed by atoms with Crippen molar-refractivity contribution >= 4 is 5.96 Å². The molecule has 0 radical (unpaired) electrons. The highest BCUT2D eigenvalue weighted by molar-refractivity contribution is 5.79. The van der Waals surface area contributed by atoms with Crippen LogP contribution in [0, 0.1) is 5.92 Å². The van der Waals surface area contributed by atoms with Gasteiger partial charge in [-0.3, -0.25) is 4.99 Å². The van der Waals surface area contributed by atoms with E-state index < -0.39 is 0 Å². The van der Waals surface area contributed by atoms with Crippen LogP contribution in [0.5, 0.6) is 0 Å². The third kappa shape index (κ3) is 8.40. The van der Waals surface area contributed by atoms with Crippen LogP contribution in [0.3, 0.4) is 0 Å². The average molecular weight is 351 g/mol. The van der Waals surface area contributed by atoms with E-state index in [1.54, 1.807) is 6.26 Å². The third-order valence-corrected chi connectivity index (χ3v) is 4.63. The Morgan fingerprint density at radius 1 is 1.28 bits per heavy atom. The van der Waals surface area contributed by atoms with Crippen LogP contribution in [0.1, 0.15) is 38.4 Å². The highest BCUT2D eigenvalue weighted by Gasteiger charge is 2.14. The van der Waals surface area contributed by atoms with Crippen LogP contribution in [0.25, 0.3) is 0 Å². The van der Waals surface area contributed by atoms with Crippen molar-refractivity contribution in [3.63, 3.8) is 0 Å². The summed E-state index contributed by atoms with van der Waals surface area (Å²) in [4.78, 5) is 6.84. The van der Waals surface area contributed by atoms with E-state index in [9.17, 15) is 0 Å². The summed E-state index contributed by atoms with van der Waals surface area (Å²) in [6.45, 7) is 9.10.